The third kappa shape index (κ3) is 5.96. The number of piperazine rings is 1. The van der Waals surface area contributed by atoms with Crippen molar-refractivity contribution in [3.05, 3.63) is 81.8 Å². The smallest absolute Gasteiger partial charge is 0.335 e. The van der Waals surface area contributed by atoms with Gasteiger partial charge in [-0.15, -0.1) is 0 Å². The van der Waals surface area contributed by atoms with Crippen LogP contribution in [0, 0.1) is 5.41 Å². The Labute approximate surface area is 251 Å². The van der Waals surface area contributed by atoms with Gasteiger partial charge < -0.3 is 19.7 Å². The second-order valence-electron chi connectivity index (χ2n) is 12.8. The minimum absolute atomic E-state index is 0.246. The molecule has 8 heteroatoms. The highest BCUT2D eigenvalue weighted by molar-refractivity contribution is 7.08. The van der Waals surface area contributed by atoms with Crippen molar-refractivity contribution in [1.29, 1.82) is 0 Å². The molecule has 0 amide bonds. The predicted octanol–water partition coefficient (Wildman–Crippen LogP) is 7.64. The average Bonchev–Trinajstić information content (AvgIpc) is 3.64. The van der Waals surface area contributed by atoms with E-state index in [2.05, 4.69) is 58.2 Å². The van der Waals surface area contributed by atoms with Crippen LogP contribution in [0.15, 0.2) is 65.1 Å². The Morgan fingerprint density at radius 3 is 2.76 bits per heavy atom. The van der Waals surface area contributed by atoms with E-state index < -0.39 is 5.97 Å². The molecule has 220 valence electrons. The van der Waals surface area contributed by atoms with Gasteiger partial charge in [-0.05, 0) is 94.5 Å². The maximum atomic E-state index is 11.5. The van der Waals surface area contributed by atoms with Crippen LogP contribution in [0.1, 0.15) is 74.4 Å². The Kier molecular flexibility index (Phi) is 7.85. The first kappa shape index (κ1) is 28.5. The zero-order valence-corrected chi connectivity index (χ0v) is 25.7. The molecular formula is C34H40N4O3S. The van der Waals surface area contributed by atoms with E-state index in [4.69, 9.17) is 4.74 Å². The van der Waals surface area contributed by atoms with E-state index in [0.29, 0.717) is 11.3 Å². The van der Waals surface area contributed by atoms with Crippen LogP contribution in [0.4, 0.5) is 5.69 Å². The molecule has 0 bridgehead atoms. The number of anilines is 1. The number of rotatable bonds is 8. The Balaban J connectivity index is 1.29. The number of aromatic carboxylic acids is 1. The molecule has 0 radical (unpaired) electrons. The van der Waals surface area contributed by atoms with Gasteiger partial charge in [0.15, 0.2) is 6.23 Å². The lowest BCUT2D eigenvalue weighted by molar-refractivity contribution is 0.0697. The van der Waals surface area contributed by atoms with Crippen molar-refractivity contribution in [1.82, 2.24) is 14.9 Å². The quantitative estimate of drug-likeness (QED) is 0.222. The third-order valence-corrected chi connectivity index (χ3v) is 9.51. The van der Waals surface area contributed by atoms with E-state index in [1.54, 1.807) is 29.5 Å². The number of hydrogen-bond donors (Lipinski definition) is 2. The molecule has 4 heterocycles. The van der Waals surface area contributed by atoms with Gasteiger partial charge in [-0.2, -0.15) is 11.3 Å². The number of carboxylic acids is 1. The summed E-state index contributed by atoms with van der Waals surface area (Å²) < 4.78 is 6.66. The highest BCUT2D eigenvalue weighted by atomic mass is 32.1. The van der Waals surface area contributed by atoms with Crippen molar-refractivity contribution >= 4 is 39.6 Å². The number of nitrogens with zero attached hydrogens (tertiary/aromatic N) is 3. The van der Waals surface area contributed by atoms with Crippen LogP contribution < -0.4 is 9.64 Å². The van der Waals surface area contributed by atoms with Gasteiger partial charge in [0.25, 0.3) is 0 Å². The fraction of sp³-hybridized carbons (Fsp3) is 0.412. The molecule has 3 aromatic heterocycles. The second kappa shape index (κ2) is 11.6. The van der Waals surface area contributed by atoms with Crippen LogP contribution >= 0.6 is 11.3 Å². The summed E-state index contributed by atoms with van der Waals surface area (Å²) in [5.74, 6) is 0.307. The average molecular weight is 585 g/mol. The van der Waals surface area contributed by atoms with Crippen molar-refractivity contribution in [2.45, 2.75) is 59.1 Å². The minimum Gasteiger partial charge on any atom is -0.478 e. The van der Waals surface area contributed by atoms with Crippen molar-refractivity contribution in [2.24, 2.45) is 5.41 Å². The van der Waals surface area contributed by atoms with Gasteiger partial charge >= 0.3 is 5.97 Å². The third-order valence-electron chi connectivity index (χ3n) is 8.75. The predicted molar refractivity (Wildman–Crippen MR) is 171 cm³/mol. The Hall–Kier alpha value is -3.62. The number of hydrogen-bond acceptors (Lipinski definition) is 6. The summed E-state index contributed by atoms with van der Waals surface area (Å²) in [7, 11) is 0. The lowest BCUT2D eigenvalue weighted by Crippen LogP contribution is -2.56. The van der Waals surface area contributed by atoms with E-state index in [1.807, 2.05) is 41.8 Å². The molecule has 0 saturated carbocycles. The number of carbonyl (C=O) groups is 1. The highest BCUT2D eigenvalue weighted by Crippen LogP contribution is 2.45. The van der Waals surface area contributed by atoms with Gasteiger partial charge in [0, 0.05) is 36.9 Å². The second-order valence-corrected chi connectivity index (χ2v) is 13.5. The Morgan fingerprint density at radius 2 is 2.00 bits per heavy atom. The summed E-state index contributed by atoms with van der Waals surface area (Å²) in [5.41, 5.74) is 8.39. The van der Waals surface area contributed by atoms with Crippen molar-refractivity contribution in [2.75, 3.05) is 31.1 Å². The van der Waals surface area contributed by atoms with E-state index in [0.717, 1.165) is 61.5 Å². The number of carboxylic acid groups (broad SMARTS) is 1. The summed E-state index contributed by atoms with van der Waals surface area (Å²) in [4.78, 5) is 23.9. The van der Waals surface area contributed by atoms with Crippen LogP contribution in [-0.4, -0.2) is 58.4 Å². The number of allylic oxidation sites excluding steroid dienone is 1. The summed E-state index contributed by atoms with van der Waals surface area (Å²) in [6.45, 7) is 12.7. The molecule has 1 aliphatic carbocycles. The van der Waals surface area contributed by atoms with E-state index >= 15 is 0 Å². The van der Waals surface area contributed by atoms with Gasteiger partial charge in [-0.1, -0.05) is 33.3 Å². The molecule has 2 aliphatic rings. The number of ether oxygens (including phenoxy) is 1. The van der Waals surface area contributed by atoms with E-state index in [-0.39, 0.29) is 11.8 Å². The van der Waals surface area contributed by atoms with Gasteiger partial charge in [0.05, 0.1) is 18.3 Å². The maximum Gasteiger partial charge on any atom is 0.335 e. The SMILES string of the molecule is CC(C)c1cscc1C1=C(CN2CCN(c3ccc(C(=O)O)cc3)C(Oc3cnc4[nH]ccc4c3)C2)CCC(C)(C)C1. The van der Waals surface area contributed by atoms with Gasteiger partial charge in [-0.3, -0.25) is 4.90 Å². The number of thiophene rings is 1. The number of aromatic nitrogens is 2. The number of pyridine rings is 1. The maximum absolute atomic E-state index is 11.5. The standard InChI is InChI=1S/C34H40N4O3S/c1-22(2)29-20-42-21-30(29)28-16-34(3,4)11-9-25(28)18-37-13-14-38(26-7-5-23(6-8-26)33(39)40)31(19-37)41-27-15-24-10-12-35-32(24)36-17-27/h5-8,10,12,15,17,20-22,31H,9,11,13-14,16,18-19H2,1-4H3,(H,35,36)(H,39,40). The van der Waals surface area contributed by atoms with Crippen LogP contribution in [-0.2, 0) is 0 Å². The van der Waals surface area contributed by atoms with Crippen molar-refractivity contribution in [3.8, 4) is 5.75 Å². The van der Waals surface area contributed by atoms with Crippen molar-refractivity contribution in [3.63, 3.8) is 0 Å². The Morgan fingerprint density at radius 1 is 1.19 bits per heavy atom. The summed E-state index contributed by atoms with van der Waals surface area (Å²) in [6, 6.07) is 11.1. The first-order valence-corrected chi connectivity index (χ1v) is 15.8. The lowest BCUT2D eigenvalue weighted by atomic mass is 9.72. The minimum atomic E-state index is -0.920. The molecule has 7 nitrogen and oxygen atoms in total. The first-order valence-electron chi connectivity index (χ1n) is 14.9. The van der Waals surface area contributed by atoms with Gasteiger partial charge in [-0.25, -0.2) is 9.78 Å². The summed E-state index contributed by atoms with van der Waals surface area (Å²) in [6.07, 6.45) is 6.84. The Bertz CT molecular complexity index is 1600. The fourth-order valence-electron chi connectivity index (χ4n) is 6.34. The number of fused-ring (bicyclic) bond motifs is 1. The molecule has 0 spiro atoms. The first-order chi connectivity index (χ1) is 20.2. The number of benzene rings is 1. The normalized spacial score (nSPS) is 19.5. The van der Waals surface area contributed by atoms with Crippen LogP contribution in [0.5, 0.6) is 5.75 Å². The summed E-state index contributed by atoms with van der Waals surface area (Å²) >= 11 is 1.82. The van der Waals surface area contributed by atoms with Crippen molar-refractivity contribution < 1.29 is 14.6 Å². The molecule has 6 rings (SSSR count). The molecule has 1 saturated heterocycles. The van der Waals surface area contributed by atoms with Crippen LogP contribution in [0.25, 0.3) is 16.6 Å². The monoisotopic (exact) mass is 584 g/mol. The molecule has 2 N–H and O–H groups in total. The molecule has 1 atom stereocenters. The fourth-order valence-corrected chi connectivity index (χ4v) is 7.37. The number of aromatic amines is 1. The number of nitrogens with one attached hydrogen (secondary N) is 1. The van der Waals surface area contributed by atoms with Crippen LogP contribution in [0.2, 0.25) is 0 Å². The zero-order chi connectivity index (χ0) is 29.4. The van der Waals surface area contributed by atoms with E-state index in [9.17, 15) is 9.90 Å². The highest BCUT2D eigenvalue weighted by Gasteiger charge is 2.33. The molecule has 1 unspecified atom stereocenters. The molecule has 4 aromatic rings. The van der Waals surface area contributed by atoms with Gasteiger partial charge in [0.1, 0.15) is 11.4 Å². The largest absolute Gasteiger partial charge is 0.478 e. The van der Waals surface area contributed by atoms with Crippen LogP contribution in [0.3, 0.4) is 0 Å². The van der Waals surface area contributed by atoms with E-state index in [1.165, 1.54) is 17.5 Å². The molecule has 1 aromatic carbocycles. The molecule has 42 heavy (non-hydrogen) atoms. The zero-order valence-electron chi connectivity index (χ0n) is 24.9. The molecular weight excluding hydrogens is 544 g/mol. The lowest BCUT2D eigenvalue weighted by Gasteiger charge is -2.43. The summed E-state index contributed by atoms with van der Waals surface area (Å²) in [5, 5.41) is 15.1. The molecule has 1 aliphatic heterocycles. The topological polar surface area (TPSA) is 81.7 Å². The molecule has 1 fully saturated rings. The number of H-pyrrole nitrogens is 1. The van der Waals surface area contributed by atoms with Gasteiger partial charge in [0.2, 0.25) is 0 Å².